The lowest BCUT2D eigenvalue weighted by Gasteiger charge is -2.38. The smallest absolute Gasteiger partial charge is 0.255 e. The lowest BCUT2D eigenvalue weighted by molar-refractivity contribution is 0.0497. The van der Waals surface area contributed by atoms with E-state index in [1.54, 1.807) is 32.2 Å². The van der Waals surface area contributed by atoms with E-state index in [0.717, 1.165) is 25.2 Å². The molecule has 5 heteroatoms. The minimum atomic E-state index is -0.00223. The molecule has 1 fully saturated rings. The predicted molar refractivity (Wildman–Crippen MR) is 85.7 cm³/mol. The molecule has 0 saturated carbocycles. The molecule has 1 aromatic carbocycles. The van der Waals surface area contributed by atoms with Crippen LogP contribution in [0.25, 0.3) is 0 Å². The van der Waals surface area contributed by atoms with Gasteiger partial charge in [-0.25, -0.2) is 0 Å². The Hall–Kier alpha value is -1.75. The molecule has 116 valence electrons. The minimum absolute atomic E-state index is 0.00223. The molecule has 1 aliphatic rings. The summed E-state index contributed by atoms with van der Waals surface area (Å²) < 4.78 is 5.56. The largest absolute Gasteiger partial charge is 0.399 e. The average Bonchev–Trinajstić information content (AvgIpc) is 2.47. The number of carbonyl (C=O) groups excluding carboxylic acids is 1. The monoisotopic (exact) mass is 291 g/mol. The summed E-state index contributed by atoms with van der Waals surface area (Å²) in [5.74, 6) is 0.526. The maximum absolute atomic E-state index is 12.4. The van der Waals surface area contributed by atoms with Crippen molar-refractivity contribution in [3.63, 3.8) is 0 Å². The number of nitrogen functional groups attached to an aromatic ring is 1. The lowest BCUT2D eigenvalue weighted by atomic mass is 9.94. The van der Waals surface area contributed by atoms with Crippen molar-refractivity contribution in [2.24, 2.45) is 5.92 Å². The van der Waals surface area contributed by atoms with Gasteiger partial charge in [0, 0.05) is 40.0 Å². The zero-order valence-electron chi connectivity index (χ0n) is 13.3. The van der Waals surface area contributed by atoms with Crippen molar-refractivity contribution in [3.05, 3.63) is 23.8 Å². The second-order valence-corrected chi connectivity index (χ2v) is 5.96. The zero-order valence-corrected chi connectivity index (χ0v) is 13.3. The Bertz CT molecular complexity index is 516. The van der Waals surface area contributed by atoms with Gasteiger partial charge < -0.3 is 20.3 Å². The molecule has 1 aromatic rings. The molecule has 21 heavy (non-hydrogen) atoms. The van der Waals surface area contributed by atoms with E-state index in [4.69, 9.17) is 10.5 Å². The predicted octanol–water partition coefficient (Wildman–Crippen LogP) is 1.83. The SMILES string of the molecule is COC1CN(c2cc(N)ccc2C(=O)N(C)C)CCC1C. The van der Waals surface area contributed by atoms with Gasteiger partial charge in [0.05, 0.1) is 17.4 Å². The van der Waals surface area contributed by atoms with Crippen LogP contribution in [0.3, 0.4) is 0 Å². The highest BCUT2D eigenvalue weighted by atomic mass is 16.5. The zero-order chi connectivity index (χ0) is 15.6. The quantitative estimate of drug-likeness (QED) is 0.863. The molecule has 1 amide bonds. The Kier molecular flexibility index (Phi) is 4.73. The maximum atomic E-state index is 12.4. The van der Waals surface area contributed by atoms with Gasteiger partial charge in [-0.3, -0.25) is 4.79 Å². The van der Waals surface area contributed by atoms with E-state index in [0.29, 0.717) is 17.2 Å². The summed E-state index contributed by atoms with van der Waals surface area (Å²) in [4.78, 5) is 16.2. The fourth-order valence-corrected chi connectivity index (χ4v) is 2.79. The summed E-state index contributed by atoms with van der Waals surface area (Å²) in [6.45, 7) is 3.91. The number of methoxy groups -OCH3 is 1. The maximum Gasteiger partial charge on any atom is 0.255 e. The van der Waals surface area contributed by atoms with Crippen molar-refractivity contribution < 1.29 is 9.53 Å². The molecule has 0 radical (unpaired) electrons. The van der Waals surface area contributed by atoms with Crippen LogP contribution in [0.2, 0.25) is 0 Å². The van der Waals surface area contributed by atoms with Gasteiger partial charge >= 0.3 is 0 Å². The molecule has 1 aliphatic heterocycles. The topological polar surface area (TPSA) is 58.8 Å². The van der Waals surface area contributed by atoms with Crippen LogP contribution in [-0.2, 0) is 4.74 Å². The first-order chi connectivity index (χ1) is 9.93. The van der Waals surface area contributed by atoms with Gasteiger partial charge in [-0.1, -0.05) is 6.92 Å². The third-order valence-electron chi connectivity index (χ3n) is 4.19. The lowest BCUT2D eigenvalue weighted by Crippen LogP contribution is -2.44. The number of nitrogens with zero attached hydrogens (tertiary/aromatic N) is 2. The molecule has 0 spiro atoms. The number of ether oxygens (including phenoxy) is 1. The average molecular weight is 291 g/mol. The van der Waals surface area contributed by atoms with Crippen molar-refractivity contribution in [2.45, 2.75) is 19.4 Å². The van der Waals surface area contributed by atoms with Crippen LogP contribution in [0.1, 0.15) is 23.7 Å². The Labute approximate surface area is 126 Å². The van der Waals surface area contributed by atoms with E-state index in [1.165, 1.54) is 0 Å². The number of carbonyl (C=O) groups is 1. The first-order valence-corrected chi connectivity index (χ1v) is 7.33. The van der Waals surface area contributed by atoms with Gasteiger partial charge in [-0.15, -0.1) is 0 Å². The van der Waals surface area contributed by atoms with Crippen LogP contribution in [0.15, 0.2) is 18.2 Å². The standard InChI is InChI=1S/C16H25N3O2/c1-11-7-8-19(10-15(11)21-4)14-9-12(17)5-6-13(14)16(20)18(2)3/h5-6,9,11,15H,7-8,10,17H2,1-4H3. The normalized spacial score (nSPS) is 22.2. The van der Waals surface area contributed by atoms with Gasteiger partial charge in [0.1, 0.15) is 0 Å². The molecule has 2 N–H and O–H groups in total. The Balaban J connectivity index is 2.34. The second-order valence-electron chi connectivity index (χ2n) is 5.96. The number of piperidine rings is 1. The van der Waals surface area contributed by atoms with Crippen LogP contribution < -0.4 is 10.6 Å². The summed E-state index contributed by atoms with van der Waals surface area (Å²) in [5, 5.41) is 0. The van der Waals surface area contributed by atoms with E-state index in [-0.39, 0.29) is 12.0 Å². The first kappa shape index (κ1) is 15.6. The molecule has 2 unspecified atom stereocenters. The van der Waals surface area contributed by atoms with Crippen molar-refractivity contribution in [1.29, 1.82) is 0 Å². The number of hydrogen-bond acceptors (Lipinski definition) is 4. The summed E-state index contributed by atoms with van der Waals surface area (Å²) in [7, 11) is 5.27. The summed E-state index contributed by atoms with van der Waals surface area (Å²) in [5.41, 5.74) is 8.19. The highest BCUT2D eigenvalue weighted by molar-refractivity contribution is 6.00. The molecule has 5 nitrogen and oxygen atoms in total. The fraction of sp³-hybridized carbons (Fsp3) is 0.562. The van der Waals surface area contributed by atoms with E-state index in [1.807, 2.05) is 12.1 Å². The first-order valence-electron chi connectivity index (χ1n) is 7.33. The number of anilines is 2. The van der Waals surface area contributed by atoms with Gasteiger partial charge in [0.25, 0.3) is 5.91 Å². The van der Waals surface area contributed by atoms with Crippen LogP contribution in [0, 0.1) is 5.92 Å². The molecular formula is C16H25N3O2. The van der Waals surface area contributed by atoms with Crippen LogP contribution >= 0.6 is 0 Å². The van der Waals surface area contributed by atoms with E-state index in [2.05, 4.69) is 11.8 Å². The minimum Gasteiger partial charge on any atom is -0.399 e. The van der Waals surface area contributed by atoms with Crippen LogP contribution in [-0.4, -0.2) is 51.2 Å². The summed E-state index contributed by atoms with van der Waals surface area (Å²) >= 11 is 0. The molecule has 0 aromatic heterocycles. The Morgan fingerprint density at radius 2 is 2.14 bits per heavy atom. The van der Waals surface area contributed by atoms with Crippen LogP contribution in [0.5, 0.6) is 0 Å². The number of nitrogens with two attached hydrogens (primary N) is 1. The van der Waals surface area contributed by atoms with Crippen molar-refractivity contribution in [1.82, 2.24) is 4.90 Å². The molecule has 1 heterocycles. The van der Waals surface area contributed by atoms with Crippen molar-refractivity contribution in [2.75, 3.05) is 44.9 Å². The number of amides is 1. The van der Waals surface area contributed by atoms with Gasteiger partial charge in [-0.05, 0) is 30.5 Å². The Morgan fingerprint density at radius 1 is 1.43 bits per heavy atom. The van der Waals surface area contributed by atoms with Crippen molar-refractivity contribution in [3.8, 4) is 0 Å². The summed E-state index contributed by atoms with van der Waals surface area (Å²) in [6.07, 6.45) is 1.23. The third-order valence-corrected chi connectivity index (χ3v) is 4.19. The number of hydrogen-bond donors (Lipinski definition) is 1. The van der Waals surface area contributed by atoms with Crippen LogP contribution in [0.4, 0.5) is 11.4 Å². The molecular weight excluding hydrogens is 266 g/mol. The Morgan fingerprint density at radius 3 is 2.76 bits per heavy atom. The molecule has 0 aliphatic carbocycles. The molecule has 1 saturated heterocycles. The third kappa shape index (κ3) is 3.29. The van der Waals surface area contributed by atoms with E-state index >= 15 is 0 Å². The van der Waals surface area contributed by atoms with Gasteiger partial charge in [0.2, 0.25) is 0 Å². The molecule has 2 atom stereocenters. The molecule has 2 rings (SSSR count). The number of benzene rings is 1. The number of rotatable bonds is 3. The fourth-order valence-electron chi connectivity index (χ4n) is 2.79. The second kappa shape index (κ2) is 6.35. The van der Waals surface area contributed by atoms with E-state index in [9.17, 15) is 4.79 Å². The van der Waals surface area contributed by atoms with Gasteiger partial charge in [-0.2, -0.15) is 0 Å². The highest BCUT2D eigenvalue weighted by Gasteiger charge is 2.28. The highest BCUT2D eigenvalue weighted by Crippen LogP contribution is 2.29. The van der Waals surface area contributed by atoms with Crippen molar-refractivity contribution >= 4 is 17.3 Å². The van der Waals surface area contributed by atoms with E-state index < -0.39 is 0 Å². The summed E-state index contributed by atoms with van der Waals surface area (Å²) in [6, 6.07) is 5.48. The van der Waals surface area contributed by atoms with Gasteiger partial charge in [0.15, 0.2) is 0 Å². The molecule has 0 bridgehead atoms.